The van der Waals surface area contributed by atoms with Gasteiger partial charge in [0.25, 0.3) is 0 Å². The fourth-order valence-corrected chi connectivity index (χ4v) is 3.53. The molecule has 2 fully saturated rings. The van der Waals surface area contributed by atoms with Crippen LogP contribution in [0.5, 0.6) is 0 Å². The lowest BCUT2D eigenvalue weighted by Gasteiger charge is -2.43. The maximum Gasteiger partial charge on any atom is 0.317 e. The van der Waals surface area contributed by atoms with Gasteiger partial charge in [0, 0.05) is 37.4 Å². The van der Waals surface area contributed by atoms with E-state index >= 15 is 0 Å². The molecule has 1 aromatic rings. The molecule has 0 radical (unpaired) electrons. The van der Waals surface area contributed by atoms with Crippen LogP contribution in [0.1, 0.15) is 12.8 Å². The Morgan fingerprint density at radius 3 is 3.05 bits per heavy atom. The van der Waals surface area contributed by atoms with Crippen LogP contribution in [0.4, 0.5) is 5.82 Å². The van der Waals surface area contributed by atoms with Gasteiger partial charge >= 0.3 is 5.97 Å². The second kappa shape index (κ2) is 6.58. The van der Waals surface area contributed by atoms with Crippen molar-refractivity contribution < 1.29 is 14.6 Å². The first-order valence-electron chi connectivity index (χ1n) is 7.70. The van der Waals surface area contributed by atoms with Crippen LogP contribution in [0.15, 0.2) is 18.6 Å². The van der Waals surface area contributed by atoms with Crippen molar-refractivity contribution in [1.29, 1.82) is 0 Å². The van der Waals surface area contributed by atoms with Gasteiger partial charge in [-0.25, -0.2) is 4.98 Å². The number of piperidine rings is 1. The number of aliphatic carboxylic acids is 1. The van der Waals surface area contributed by atoms with E-state index in [4.69, 9.17) is 9.84 Å². The lowest BCUT2D eigenvalue weighted by Crippen LogP contribution is -2.51. The summed E-state index contributed by atoms with van der Waals surface area (Å²) in [4.78, 5) is 23.8. The normalized spacial score (nSPS) is 26.8. The molecule has 1 spiro atoms. The van der Waals surface area contributed by atoms with Gasteiger partial charge in [-0.15, -0.1) is 0 Å². The molecule has 1 unspecified atom stereocenters. The van der Waals surface area contributed by atoms with E-state index in [1.54, 1.807) is 18.6 Å². The molecule has 1 aromatic heterocycles. The molecule has 0 aromatic carbocycles. The molecule has 0 saturated carbocycles. The third-order valence-corrected chi connectivity index (χ3v) is 4.41. The lowest BCUT2D eigenvalue weighted by atomic mass is 9.80. The predicted octanol–water partition coefficient (Wildman–Crippen LogP) is 0.480. The standard InChI is InChI=1S/C15H22N4O3/c20-14(21)9-18-5-1-2-15(10-18)11-19(6-7-22-12-15)13-8-16-3-4-17-13/h3-4,8H,1-2,5-7,9-12H2,(H,20,21). The number of nitrogens with zero attached hydrogens (tertiary/aromatic N) is 4. The summed E-state index contributed by atoms with van der Waals surface area (Å²) >= 11 is 0. The van der Waals surface area contributed by atoms with Crippen molar-refractivity contribution in [2.75, 3.05) is 50.8 Å². The summed E-state index contributed by atoms with van der Waals surface area (Å²) in [6.45, 7) is 4.68. The highest BCUT2D eigenvalue weighted by molar-refractivity contribution is 5.69. The first-order chi connectivity index (χ1) is 10.7. The second-order valence-corrected chi connectivity index (χ2v) is 6.25. The molecular formula is C15H22N4O3. The van der Waals surface area contributed by atoms with Crippen molar-refractivity contribution in [3.05, 3.63) is 18.6 Å². The molecule has 2 aliphatic heterocycles. The van der Waals surface area contributed by atoms with Gasteiger partial charge in [0.2, 0.25) is 0 Å². The summed E-state index contributed by atoms with van der Waals surface area (Å²) in [5.41, 5.74) is -0.0261. The monoisotopic (exact) mass is 306 g/mol. The molecule has 3 rings (SSSR count). The number of carbonyl (C=O) groups is 1. The number of anilines is 1. The lowest BCUT2D eigenvalue weighted by molar-refractivity contribution is -0.139. The van der Waals surface area contributed by atoms with E-state index in [9.17, 15) is 4.79 Å². The zero-order valence-corrected chi connectivity index (χ0v) is 12.6. The molecule has 1 atom stereocenters. The zero-order valence-electron chi connectivity index (χ0n) is 12.6. The molecule has 2 aliphatic rings. The van der Waals surface area contributed by atoms with Crippen LogP contribution in [0, 0.1) is 5.41 Å². The van der Waals surface area contributed by atoms with E-state index in [0.717, 1.165) is 44.8 Å². The van der Waals surface area contributed by atoms with Gasteiger partial charge in [0.05, 0.1) is 26.0 Å². The number of hydrogen-bond donors (Lipinski definition) is 1. The van der Waals surface area contributed by atoms with E-state index in [2.05, 4.69) is 14.9 Å². The summed E-state index contributed by atoms with van der Waals surface area (Å²) in [5.74, 6) is 0.0973. The van der Waals surface area contributed by atoms with Crippen LogP contribution in [0.25, 0.3) is 0 Å². The molecule has 0 aliphatic carbocycles. The van der Waals surface area contributed by atoms with Crippen molar-refractivity contribution >= 4 is 11.8 Å². The van der Waals surface area contributed by atoms with Crippen molar-refractivity contribution in [3.8, 4) is 0 Å². The molecule has 22 heavy (non-hydrogen) atoms. The Labute approximate surface area is 129 Å². The Hall–Kier alpha value is -1.73. The van der Waals surface area contributed by atoms with Crippen LogP contribution < -0.4 is 4.90 Å². The Morgan fingerprint density at radius 1 is 1.36 bits per heavy atom. The quantitative estimate of drug-likeness (QED) is 0.870. The van der Waals surface area contributed by atoms with Crippen LogP contribution in [-0.4, -0.2) is 71.9 Å². The van der Waals surface area contributed by atoms with Crippen molar-refractivity contribution in [3.63, 3.8) is 0 Å². The van der Waals surface area contributed by atoms with Gasteiger partial charge in [-0.05, 0) is 19.4 Å². The summed E-state index contributed by atoms with van der Waals surface area (Å²) in [6.07, 6.45) is 7.20. The largest absolute Gasteiger partial charge is 0.480 e. The highest BCUT2D eigenvalue weighted by atomic mass is 16.5. The number of rotatable bonds is 3. The Morgan fingerprint density at radius 2 is 2.27 bits per heavy atom. The number of carboxylic acid groups (broad SMARTS) is 1. The average molecular weight is 306 g/mol. The first kappa shape index (κ1) is 15.2. The van der Waals surface area contributed by atoms with Gasteiger partial charge in [0.15, 0.2) is 0 Å². The minimum Gasteiger partial charge on any atom is -0.480 e. The van der Waals surface area contributed by atoms with Gasteiger partial charge in [-0.2, -0.15) is 0 Å². The summed E-state index contributed by atoms with van der Waals surface area (Å²) in [7, 11) is 0. The highest BCUT2D eigenvalue weighted by Crippen LogP contribution is 2.33. The highest BCUT2D eigenvalue weighted by Gasteiger charge is 2.39. The summed E-state index contributed by atoms with van der Waals surface area (Å²) in [6, 6.07) is 0. The fourth-order valence-electron chi connectivity index (χ4n) is 3.53. The van der Waals surface area contributed by atoms with E-state index in [0.29, 0.717) is 13.2 Å². The summed E-state index contributed by atoms with van der Waals surface area (Å²) in [5, 5.41) is 9.04. The van der Waals surface area contributed by atoms with Crippen LogP contribution in [-0.2, 0) is 9.53 Å². The number of ether oxygens (including phenoxy) is 1. The van der Waals surface area contributed by atoms with E-state index < -0.39 is 5.97 Å². The second-order valence-electron chi connectivity index (χ2n) is 6.25. The Balaban J connectivity index is 1.75. The number of likely N-dealkylation sites (tertiary alicyclic amines) is 1. The number of hydrogen-bond acceptors (Lipinski definition) is 6. The van der Waals surface area contributed by atoms with Crippen LogP contribution in [0.2, 0.25) is 0 Å². The van der Waals surface area contributed by atoms with Crippen LogP contribution >= 0.6 is 0 Å². The SMILES string of the molecule is O=C(O)CN1CCCC2(COCCN(c3cnccn3)C2)C1. The number of aromatic nitrogens is 2. The van der Waals surface area contributed by atoms with Gasteiger partial charge < -0.3 is 14.7 Å². The van der Waals surface area contributed by atoms with Gasteiger partial charge in [0.1, 0.15) is 5.82 Å². The van der Waals surface area contributed by atoms with Gasteiger partial charge in [-0.3, -0.25) is 14.7 Å². The molecule has 2 saturated heterocycles. The van der Waals surface area contributed by atoms with E-state index in [-0.39, 0.29) is 12.0 Å². The topological polar surface area (TPSA) is 78.8 Å². The minimum absolute atomic E-state index is 0.0261. The predicted molar refractivity (Wildman–Crippen MR) is 80.8 cm³/mol. The number of carboxylic acids is 1. The molecule has 120 valence electrons. The zero-order chi connectivity index (χ0) is 15.4. The molecule has 3 heterocycles. The maximum absolute atomic E-state index is 11.0. The van der Waals surface area contributed by atoms with E-state index in [1.165, 1.54) is 0 Å². The Kier molecular flexibility index (Phi) is 4.54. The molecule has 0 amide bonds. The molecule has 7 heteroatoms. The van der Waals surface area contributed by atoms with E-state index in [1.807, 2.05) is 4.90 Å². The van der Waals surface area contributed by atoms with Crippen molar-refractivity contribution in [1.82, 2.24) is 14.9 Å². The third-order valence-electron chi connectivity index (χ3n) is 4.41. The molecule has 7 nitrogen and oxygen atoms in total. The van der Waals surface area contributed by atoms with Gasteiger partial charge in [-0.1, -0.05) is 0 Å². The summed E-state index contributed by atoms with van der Waals surface area (Å²) < 4.78 is 5.83. The first-order valence-corrected chi connectivity index (χ1v) is 7.70. The average Bonchev–Trinajstić information content (AvgIpc) is 2.70. The smallest absolute Gasteiger partial charge is 0.317 e. The fraction of sp³-hybridized carbons (Fsp3) is 0.667. The molecule has 0 bridgehead atoms. The maximum atomic E-state index is 11.0. The molecule has 1 N–H and O–H groups in total. The Bertz CT molecular complexity index is 513. The van der Waals surface area contributed by atoms with Crippen molar-refractivity contribution in [2.45, 2.75) is 12.8 Å². The third kappa shape index (κ3) is 3.53. The van der Waals surface area contributed by atoms with Crippen LogP contribution in [0.3, 0.4) is 0 Å². The minimum atomic E-state index is -0.766. The molecular weight excluding hydrogens is 284 g/mol. The van der Waals surface area contributed by atoms with Crippen molar-refractivity contribution in [2.24, 2.45) is 5.41 Å².